The highest BCUT2D eigenvalue weighted by Gasteiger charge is 2.00. The monoisotopic (exact) mass is 209 g/mol. The second kappa shape index (κ2) is 3.77. The first-order valence-corrected chi connectivity index (χ1v) is 5.23. The van der Waals surface area contributed by atoms with E-state index >= 15 is 0 Å². The molecule has 0 radical (unpaired) electrons. The molecule has 0 amide bonds. The SMILES string of the molecule is C=CC(=C)c1ccc(S(=O)(=O)[O-])cc1. The summed E-state index contributed by atoms with van der Waals surface area (Å²) >= 11 is 0. The van der Waals surface area contributed by atoms with E-state index in [0.717, 1.165) is 5.56 Å². The van der Waals surface area contributed by atoms with Crippen molar-refractivity contribution in [2.45, 2.75) is 4.90 Å². The van der Waals surface area contributed by atoms with Crippen LogP contribution in [0.3, 0.4) is 0 Å². The van der Waals surface area contributed by atoms with Crippen molar-refractivity contribution in [3.63, 3.8) is 0 Å². The Bertz CT molecular complexity index is 455. The minimum Gasteiger partial charge on any atom is -0.744 e. The largest absolute Gasteiger partial charge is 0.744 e. The second-order valence-corrected chi connectivity index (χ2v) is 4.09. The summed E-state index contributed by atoms with van der Waals surface area (Å²) in [7, 11) is -4.36. The van der Waals surface area contributed by atoms with Crippen LogP contribution >= 0.6 is 0 Å². The summed E-state index contributed by atoms with van der Waals surface area (Å²) in [6, 6.07) is 5.56. The molecule has 0 aliphatic carbocycles. The summed E-state index contributed by atoms with van der Waals surface area (Å²) in [4.78, 5) is -0.238. The van der Waals surface area contributed by atoms with E-state index in [0.29, 0.717) is 5.57 Å². The fourth-order valence-electron chi connectivity index (χ4n) is 0.954. The van der Waals surface area contributed by atoms with Crippen molar-refractivity contribution in [3.8, 4) is 0 Å². The maximum atomic E-state index is 10.6. The quantitative estimate of drug-likeness (QED) is 0.563. The molecule has 0 bridgehead atoms. The summed E-state index contributed by atoms with van der Waals surface area (Å²) in [5.41, 5.74) is 1.42. The van der Waals surface area contributed by atoms with Crippen LogP contribution in [0.4, 0.5) is 0 Å². The fourth-order valence-corrected chi connectivity index (χ4v) is 1.42. The molecule has 1 aromatic rings. The van der Waals surface area contributed by atoms with Crippen LogP contribution in [0, 0.1) is 0 Å². The van der Waals surface area contributed by atoms with E-state index in [-0.39, 0.29) is 4.90 Å². The maximum absolute atomic E-state index is 10.6. The molecule has 0 unspecified atom stereocenters. The normalized spacial score (nSPS) is 10.9. The summed E-state index contributed by atoms with van der Waals surface area (Å²) < 4.78 is 31.8. The topological polar surface area (TPSA) is 57.2 Å². The minimum absolute atomic E-state index is 0.238. The van der Waals surface area contributed by atoms with Gasteiger partial charge in [0.15, 0.2) is 0 Å². The van der Waals surface area contributed by atoms with E-state index in [2.05, 4.69) is 13.2 Å². The highest BCUT2D eigenvalue weighted by Crippen LogP contribution is 2.16. The lowest BCUT2D eigenvalue weighted by atomic mass is 10.1. The van der Waals surface area contributed by atoms with Gasteiger partial charge in [0.2, 0.25) is 0 Å². The van der Waals surface area contributed by atoms with Crippen LogP contribution in [0.15, 0.2) is 48.4 Å². The van der Waals surface area contributed by atoms with Crippen molar-refractivity contribution < 1.29 is 13.0 Å². The molecule has 1 aromatic carbocycles. The van der Waals surface area contributed by atoms with Gasteiger partial charge in [0, 0.05) is 0 Å². The van der Waals surface area contributed by atoms with Gasteiger partial charge >= 0.3 is 0 Å². The van der Waals surface area contributed by atoms with Crippen molar-refractivity contribution in [3.05, 3.63) is 49.1 Å². The lowest BCUT2D eigenvalue weighted by Crippen LogP contribution is -1.97. The second-order valence-electron chi connectivity index (χ2n) is 2.71. The molecular formula is C10H9O3S-. The first-order valence-electron chi connectivity index (χ1n) is 3.83. The molecule has 1 rings (SSSR count). The van der Waals surface area contributed by atoms with Crippen LogP contribution < -0.4 is 0 Å². The molecule has 0 N–H and O–H groups in total. The van der Waals surface area contributed by atoms with E-state index in [1.807, 2.05) is 0 Å². The molecule has 0 aromatic heterocycles. The van der Waals surface area contributed by atoms with E-state index in [9.17, 15) is 13.0 Å². The fraction of sp³-hybridized carbons (Fsp3) is 0. The highest BCUT2D eigenvalue weighted by atomic mass is 32.2. The third-order valence-corrected chi connectivity index (χ3v) is 2.61. The molecular weight excluding hydrogens is 200 g/mol. The number of benzene rings is 1. The molecule has 0 aliphatic heterocycles. The van der Waals surface area contributed by atoms with Gasteiger partial charge in [-0.25, -0.2) is 8.42 Å². The van der Waals surface area contributed by atoms with Crippen LogP contribution in [-0.4, -0.2) is 13.0 Å². The smallest absolute Gasteiger partial charge is 0.124 e. The highest BCUT2D eigenvalue weighted by molar-refractivity contribution is 7.85. The number of rotatable bonds is 3. The zero-order valence-electron chi connectivity index (χ0n) is 7.43. The van der Waals surface area contributed by atoms with Crippen LogP contribution in [0.1, 0.15) is 5.56 Å². The summed E-state index contributed by atoms with van der Waals surface area (Å²) in [5.74, 6) is 0. The summed E-state index contributed by atoms with van der Waals surface area (Å²) in [6.45, 7) is 7.22. The van der Waals surface area contributed by atoms with Gasteiger partial charge in [-0.3, -0.25) is 0 Å². The Labute approximate surface area is 83.1 Å². The molecule has 74 valence electrons. The molecule has 0 atom stereocenters. The molecule has 0 spiro atoms. The molecule has 14 heavy (non-hydrogen) atoms. The van der Waals surface area contributed by atoms with Crippen molar-refractivity contribution >= 4 is 15.7 Å². The molecule has 4 heteroatoms. The van der Waals surface area contributed by atoms with Gasteiger partial charge in [0.05, 0.1) is 4.90 Å². The Balaban J connectivity index is 3.13. The lowest BCUT2D eigenvalue weighted by Gasteiger charge is -2.07. The van der Waals surface area contributed by atoms with Gasteiger partial charge in [0.25, 0.3) is 0 Å². The molecule has 3 nitrogen and oxygen atoms in total. The molecule has 0 heterocycles. The van der Waals surface area contributed by atoms with E-state index < -0.39 is 10.1 Å². The third-order valence-electron chi connectivity index (χ3n) is 1.76. The summed E-state index contributed by atoms with van der Waals surface area (Å²) in [5, 5.41) is 0. The van der Waals surface area contributed by atoms with Crippen LogP contribution in [-0.2, 0) is 10.1 Å². The Hall–Kier alpha value is -1.39. The van der Waals surface area contributed by atoms with Gasteiger partial charge < -0.3 is 4.55 Å². The average molecular weight is 209 g/mol. The average Bonchev–Trinajstić information content (AvgIpc) is 2.15. The van der Waals surface area contributed by atoms with Gasteiger partial charge in [-0.05, 0) is 23.3 Å². The standard InChI is InChI=1S/C10H10O3S/c1-3-8(2)9-4-6-10(7-5-9)14(11,12)13/h3-7H,1-2H2,(H,11,12,13)/p-1. The van der Waals surface area contributed by atoms with Gasteiger partial charge in [-0.1, -0.05) is 31.4 Å². The van der Waals surface area contributed by atoms with Crippen molar-refractivity contribution in [1.82, 2.24) is 0 Å². The van der Waals surface area contributed by atoms with E-state index in [4.69, 9.17) is 0 Å². The van der Waals surface area contributed by atoms with Crippen molar-refractivity contribution in [2.75, 3.05) is 0 Å². The number of allylic oxidation sites excluding steroid dienone is 2. The van der Waals surface area contributed by atoms with E-state index in [1.54, 1.807) is 6.08 Å². The van der Waals surface area contributed by atoms with Crippen molar-refractivity contribution in [2.24, 2.45) is 0 Å². The maximum Gasteiger partial charge on any atom is 0.124 e. The lowest BCUT2D eigenvalue weighted by molar-refractivity contribution is 0.463. The Morgan fingerprint density at radius 1 is 1.29 bits per heavy atom. The van der Waals surface area contributed by atoms with Crippen LogP contribution in [0.2, 0.25) is 0 Å². The minimum atomic E-state index is -4.36. The van der Waals surface area contributed by atoms with Gasteiger partial charge in [0.1, 0.15) is 10.1 Å². The first-order chi connectivity index (χ1) is 6.45. The zero-order valence-corrected chi connectivity index (χ0v) is 8.25. The number of hydrogen-bond acceptors (Lipinski definition) is 3. The van der Waals surface area contributed by atoms with Gasteiger partial charge in [-0.2, -0.15) is 0 Å². The predicted octanol–water partition coefficient (Wildman–Crippen LogP) is 1.79. The molecule has 0 aliphatic rings. The Morgan fingerprint density at radius 3 is 2.14 bits per heavy atom. The zero-order chi connectivity index (χ0) is 10.8. The Morgan fingerprint density at radius 2 is 1.79 bits per heavy atom. The molecule has 0 saturated carbocycles. The van der Waals surface area contributed by atoms with Crippen LogP contribution in [0.25, 0.3) is 5.57 Å². The van der Waals surface area contributed by atoms with Gasteiger partial charge in [-0.15, -0.1) is 0 Å². The summed E-state index contributed by atoms with van der Waals surface area (Å²) in [6.07, 6.45) is 1.56. The van der Waals surface area contributed by atoms with Crippen molar-refractivity contribution in [1.29, 1.82) is 0 Å². The number of hydrogen-bond donors (Lipinski definition) is 0. The van der Waals surface area contributed by atoms with E-state index in [1.165, 1.54) is 24.3 Å². The predicted molar refractivity (Wildman–Crippen MR) is 53.6 cm³/mol. The third kappa shape index (κ3) is 2.31. The molecule has 0 saturated heterocycles. The first kappa shape index (κ1) is 10.7. The van der Waals surface area contributed by atoms with Crippen LogP contribution in [0.5, 0.6) is 0 Å². The molecule has 0 fully saturated rings. The Kier molecular flexibility index (Phi) is 2.88.